The van der Waals surface area contributed by atoms with E-state index in [1.165, 1.54) is 0 Å². The van der Waals surface area contributed by atoms with Crippen molar-refractivity contribution in [2.45, 2.75) is 17.9 Å². The van der Waals surface area contributed by atoms with Crippen LogP contribution in [-0.2, 0) is 17.0 Å². The minimum Gasteiger partial charge on any atom is -0.497 e. The van der Waals surface area contributed by atoms with Gasteiger partial charge in [-0.25, -0.2) is 13.7 Å². The fourth-order valence-electron chi connectivity index (χ4n) is 3.19. The number of methoxy groups -OCH3 is 1. The molecule has 0 saturated heterocycles. The fraction of sp³-hybridized carbons (Fsp3) is 0.182. The molecule has 0 spiro atoms. The quantitative estimate of drug-likeness (QED) is 0.445. The molecule has 9 heteroatoms. The summed E-state index contributed by atoms with van der Waals surface area (Å²) in [6, 6.07) is 15.5. The third-order valence-electron chi connectivity index (χ3n) is 4.81. The molecule has 0 aliphatic rings. The molecule has 2 atom stereocenters. The Labute approximate surface area is 180 Å². The second-order valence-electron chi connectivity index (χ2n) is 7.08. The highest BCUT2D eigenvalue weighted by molar-refractivity contribution is 7.90. The Morgan fingerprint density at radius 2 is 1.84 bits per heavy atom. The van der Waals surface area contributed by atoms with Crippen LogP contribution in [0.4, 0.5) is 0 Å². The first-order valence-electron chi connectivity index (χ1n) is 9.62. The maximum absolute atomic E-state index is 12.9. The van der Waals surface area contributed by atoms with E-state index in [0.717, 1.165) is 22.3 Å². The third kappa shape index (κ3) is 4.52. The van der Waals surface area contributed by atoms with E-state index in [4.69, 9.17) is 14.3 Å². The third-order valence-corrected chi connectivity index (χ3v) is 6.44. The average Bonchev–Trinajstić information content (AvgIpc) is 3.20. The first-order valence-corrected chi connectivity index (χ1v) is 11.2. The van der Waals surface area contributed by atoms with Gasteiger partial charge in [-0.2, -0.15) is 5.10 Å². The molecule has 0 fully saturated rings. The predicted octanol–water partition coefficient (Wildman–Crippen LogP) is 4.44. The number of ether oxygens (including phenoxy) is 2. The smallest absolute Gasteiger partial charge is 0.138 e. The Hall–Kier alpha value is -3.43. The van der Waals surface area contributed by atoms with Gasteiger partial charge in [-0.1, -0.05) is 0 Å². The van der Waals surface area contributed by atoms with Gasteiger partial charge in [-0.15, -0.1) is 0 Å². The average molecular weight is 438 g/mol. The van der Waals surface area contributed by atoms with Crippen LogP contribution in [0.5, 0.6) is 17.2 Å². The van der Waals surface area contributed by atoms with Crippen LogP contribution in [0, 0.1) is 4.78 Å². The van der Waals surface area contributed by atoms with Gasteiger partial charge in [0.25, 0.3) is 0 Å². The zero-order chi connectivity index (χ0) is 22.0. The molecule has 160 valence electrons. The molecule has 1 unspecified atom stereocenters. The van der Waals surface area contributed by atoms with E-state index in [-0.39, 0.29) is 6.04 Å². The van der Waals surface area contributed by atoms with E-state index in [9.17, 15) is 4.21 Å². The maximum Gasteiger partial charge on any atom is 0.138 e. The lowest BCUT2D eigenvalue weighted by Gasteiger charge is -2.15. The van der Waals surface area contributed by atoms with E-state index in [1.807, 2.05) is 44.4 Å². The van der Waals surface area contributed by atoms with Crippen molar-refractivity contribution < 1.29 is 13.7 Å². The van der Waals surface area contributed by atoms with E-state index in [2.05, 4.69) is 14.8 Å². The van der Waals surface area contributed by atoms with Crippen molar-refractivity contribution in [3.63, 3.8) is 0 Å². The maximum atomic E-state index is 12.9. The Bertz CT molecular complexity index is 1320. The molecule has 2 aromatic carbocycles. The van der Waals surface area contributed by atoms with Crippen molar-refractivity contribution in [1.29, 1.82) is 4.78 Å². The predicted molar refractivity (Wildman–Crippen MR) is 119 cm³/mol. The number of rotatable bonds is 7. The summed E-state index contributed by atoms with van der Waals surface area (Å²) in [5.41, 5.74) is 1.49. The number of hydrogen-bond donors (Lipinski definition) is 2. The van der Waals surface area contributed by atoms with Crippen molar-refractivity contribution in [2.24, 2.45) is 7.05 Å². The lowest BCUT2D eigenvalue weighted by molar-refractivity contribution is 0.415. The number of hydrogen-bond acceptors (Lipinski definition) is 6. The van der Waals surface area contributed by atoms with Gasteiger partial charge in [0.15, 0.2) is 0 Å². The topological polar surface area (TPSA) is 102 Å². The molecule has 0 radical (unpaired) electrons. The van der Waals surface area contributed by atoms with Crippen LogP contribution in [0.25, 0.3) is 10.9 Å². The van der Waals surface area contributed by atoms with Gasteiger partial charge in [-0.05, 0) is 55.5 Å². The molecule has 0 saturated carbocycles. The highest BCUT2D eigenvalue weighted by Gasteiger charge is 2.17. The zero-order valence-electron chi connectivity index (χ0n) is 17.4. The standard InChI is InChI=1S/C22H23N5O3S/c1-15(20-11-13-27(2)25-20)26-31(23,28)18-7-4-16(5-8-18)30-22-10-12-24-21-14-17(29-3)6-9-19(21)22/h4-15H,1-3H3,(H2,23,26,28)/t15?,31-/m1/s1. The summed E-state index contributed by atoms with van der Waals surface area (Å²) in [4.78, 5) is 4.72. The second kappa shape index (κ2) is 8.37. The van der Waals surface area contributed by atoms with Crippen LogP contribution in [0.1, 0.15) is 18.7 Å². The monoisotopic (exact) mass is 437 g/mol. The minimum atomic E-state index is -3.21. The number of nitrogens with one attached hydrogen (secondary N) is 2. The molecule has 31 heavy (non-hydrogen) atoms. The summed E-state index contributed by atoms with van der Waals surface area (Å²) in [6.45, 7) is 1.83. The molecule has 4 aromatic rings. The van der Waals surface area contributed by atoms with Crippen LogP contribution < -0.4 is 14.2 Å². The molecule has 2 aromatic heterocycles. The normalized spacial score (nSPS) is 14.2. The van der Waals surface area contributed by atoms with Gasteiger partial charge >= 0.3 is 0 Å². The van der Waals surface area contributed by atoms with Crippen molar-refractivity contribution in [2.75, 3.05) is 7.11 Å². The van der Waals surface area contributed by atoms with E-state index >= 15 is 0 Å². The molecule has 2 heterocycles. The summed E-state index contributed by atoms with van der Waals surface area (Å²) in [7, 11) is 0.216. The molecular formula is C22H23N5O3S. The molecule has 8 nitrogen and oxygen atoms in total. The number of aryl methyl sites for hydroxylation is 1. The van der Waals surface area contributed by atoms with Crippen molar-refractivity contribution in [3.8, 4) is 17.2 Å². The zero-order valence-corrected chi connectivity index (χ0v) is 18.2. The number of nitrogens with zero attached hydrogens (tertiary/aromatic N) is 3. The highest BCUT2D eigenvalue weighted by atomic mass is 32.2. The molecule has 0 aliphatic heterocycles. The summed E-state index contributed by atoms with van der Waals surface area (Å²) < 4.78 is 37.1. The molecule has 4 rings (SSSR count). The van der Waals surface area contributed by atoms with Crippen molar-refractivity contribution in [3.05, 3.63) is 72.7 Å². The van der Waals surface area contributed by atoms with Crippen molar-refractivity contribution in [1.82, 2.24) is 19.5 Å². The molecule has 2 N–H and O–H groups in total. The van der Waals surface area contributed by atoms with Crippen molar-refractivity contribution >= 4 is 20.8 Å². The minimum absolute atomic E-state index is 0.331. The fourth-order valence-corrected chi connectivity index (χ4v) is 4.46. The molecule has 0 bridgehead atoms. The van der Waals surface area contributed by atoms with Crippen LogP contribution in [0.2, 0.25) is 0 Å². The van der Waals surface area contributed by atoms with Gasteiger partial charge in [0, 0.05) is 30.9 Å². The van der Waals surface area contributed by atoms with Crippen LogP contribution in [0.3, 0.4) is 0 Å². The van der Waals surface area contributed by atoms with Gasteiger partial charge in [-0.3, -0.25) is 9.67 Å². The Balaban J connectivity index is 1.52. The van der Waals surface area contributed by atoms with Gasteiger partial charge in [0.2, 0.25) is 0 Å². The lowest BCUT2D eigenvalue weighted by Crippen LogP contribution is -2.26. The summed E-state index contributed by atoms with van der Waals surface area (Å²) in [5, 5.41) is 5.15. The van der Waals surface area contributed by atoms with E-state index in [1.54, 1.807) is 48.3 Å². The lowest BCUT2D eigenvalue weighted by atomic mass is 10.2. The van der Waals surface area contributed by atoms with Crippen LogP contribution in [-0.4, -0.2) is 26.1 Å². The Kier molecular flexibility index (Phi) is 5.62. The van der Waals surface area contributed by atoms with Crippen LogP contribution >= 0.6 is 0 Å². The number of pyridine rings is 1. The van der Waals surface area contributed by atoms with Crippen LogP contribution in [0.15, 0.2) is 71.9 Å². The Morgan fingerprint density at radius 3 is 2.52 bits per heavy atom. The largest absolute Gasteiger partial charge is 0.497 e. The van der Waals surface area contributed by atoms with Gasteiger partial charge in [0.1, 0.15) is 27.2 Å². The summed E-state index contributed by atoms with van der Waals surface area (Å²) in [5.74, 6) is 1.94. The summed E-state index contributed by atoms with van der Waals surface area (Å²) >= 11 is 0. The number of benzene rings is 2. The molecule has 0 amide bonds. The molecular weight excluding hydrogens is 414 g/mol. The SMILES string of the molecule is COc1ccc2c(Oc3ccc([S@](=N)(=O)NC(C)c4ccn(C)n4)cc3)ccnc2c1. The number of fused-ring (bicyclic) bond motifs is 1. The highest BCUT2D eigenvalue weighted by Crippen LogP contribution is 2.31. The second-order valence-corrected chi connectivity index (χ2v) is 8.90. The summed E-state index contributed by atoms with van der Waals surface area (Å²) in [6.07, 6.45) is 3.48. The molecule has 0 aliphatic carbocycles. The Morgan fingerprint density at radius 1 is 1.10 bits per heavy atom. The van der Waals surface area contributed by atoms with E-state index < -0.39 is 9.92 Å². The first kappa shape index (κ1) is 20.8. The van der Waals surface area contributed by atoms with Gasteiger partial charge in [0.05, 0.1) is 29.3 Å². The van der Waals surface area contributed by atoms with E-state index in [0.29, 0.717) is 16.4 Å². The number of aromatic nitrogens is 3. The first-order chi connectivity index (χ1) is 14.9. The van der Waals surface area contributed by atoms with Gasteiger partial charge < -0.3 is 9.47 Å².